The van der Waals surface area contributed by atoms with Crippen molar-refractivity contribution in [1.29, 1.82) is 0 Å². The van der Waals surface area contributed by atoms with Crippen LogP contribution in [0, 0.1) is 0 Å². The molecule has 11 heteroatoms. The molecule has 2 unspecified atom stereocenters. The summed E-state index contributed by atoms with van der Waals surface area (Å²) in [6.45, 7) is 4.10. The number of unbranched alkanes of at least 4 members (excludes halogenated alkanes) is 11. The number of phosphoric ester groups is 1. The number of aliphatic hydroxyl groups is 1. The van der Waals surface area contributed by atoms with Crippen LogP contribution in [0.3, 0.4) is 0 Å². The zero-order valence-electron chi connectivity index (χ0n) is 36.4. The molecule has 328 valence electrons. The Morgan fingerprint density at radius 3 is 1.79 bits per heavy atom. The van der Waals surface area contributed by atoms with Gasteiger partial charge < -0.3 is 24.0 Å². The lowest BCUT2D eigenvalue weighted by atomic mass is 10.1. The average Bonchev–Trinajstić information content (AvgIpc) is 3.15. The van der Waals surface area contributed by atoms with E-state index in [2.05, 4.69) is 62.5 Å². The quantitative estimate of drug-likeness (QED) is 0.0156. The summed E-state index contributed by atoms with van der Waals surface area (Å²) in [7, 11) is 1.33. The van der Waals surface area contributed by atoms with Crippen molar-refractivity contribution in [3.8, 4) is 0 Å². The summed E-state index contributed by atoms with van der Waals surface area (Å²) >= 11 is 0. The highest BCUT2D eigenvalue weighted by Crippen LogP contribution is 2.43. The third-order valence-corrected chi connectivity index (χ3v) is 9.80. The number of hydrogen-bond donors (Lipinski definition) is 2. The zero-order valence-corrected chi connectivity index (χ0v) is 37.3. The van der Waals surface area contributed by atoms with Gasteiger partial charge in [0.15, 0.2) is 6.10 Å². The molecule has 0 rings (SSSR count). The van der Waals surface area contributed by atoms with Crippen LogP contribution in [0.2, 0.25) is 0 Å². The summed E-state index contributed by atoms with van der Waals surface area (Å²) in [6.07, 6.45) is 42.7. The van der Waals surface area contributed by atoms with E-state index in [4.69, 9.17) is 18.5 Å². The molecule has 0 saturated heterocycles. The van der Waals surface area contributed by atoms with Crippen molar-refractivity contribution in [2.75, 3.05) is 47.5 Å². The molecule has 0 amide bonds. The van der Waals surface area contributed by atoms with E-state index in [1.54, 1.807) is 12.2 Å². The van der Waals surface area contributed by atoms with Crippen molar-refractivity contribution in [1.82, 2.24) is 0 Å². The molecule has 10 nitrogen and oxygen atoms in total. The van der Waals surface area contributed by atoms with Crippen molar-refractivity contribution in [3.05, 3.63) is 72.9 Å². The molecule has 0 radical (unpaired) electrons. The lowest BCUT2D eigenvalue weighted by molar-refractivity contribution is -0.870. The number of aliphatic hydroxyl groups excluding tert-OH is 1. The van der Waals surface area contributed by atoms with Crippen LogP contribution in [-0.4, -0.2) is 86.1 Å². The summed E-state index contributed by atoms with van der Waals surface area (Å²) in [4.78, 5) is 35.3. The average molecular weight is 823 g/mol. The van der Waals surface area contributed by atoms with Gasteiger partial charge in [-0.05, 0) is 77.0 Å². The third kappa shape index (κ3) is 41.4. The molecule has 0 aromatic heterocycles. The highest BCUT2D eigenvalue weighted by Gasteiger charge is 2.27. The fourth-order valence-electron chi connectivity index (χ4n) is 5.32. The minimum absolute atomic E-state index is 0.00481. The van der Waals surface area contributed by atoms with Crippen LogP contribution in [0.5, 0.6) is 0 Å². The Kier molecular flexibility index (Phi) is 36.0. The van der Waals surface area contributed by atoms with E-state index in [-0.39, 0.29) is 26.1 Å². The second-order valence-electron chi connectivity index (χ2n) is 15.6. The molecule has 57 heavy (non-hydrogen) atoms. The van der Waals surface area contributed by atoms with Gasteiger partial charge in [-0.15, -0.1) is 0 Å². The predicted octanol–water partition coefficient (Wildman–Crippen LogP) is 11.2. The van der Waals surface area contributed by atoms with Crippen LogP contribution in [-0.2, 0) is 32.7 Å². The van der Waals surface area contributed by atoms with Gasteiger partial charge in [0.2, 0.25) is 0 Å². The second-order valence-corrected chi connectivity index (χ2v) is 17.0. The van der Waals surface area contributed by atoms with Crippen LogP contribution in [0.4, 0.5) is 0 Å². The molecule has 0 spiro atoms. The summed E-state index contributed by atoms with van der Waals surface area (Å²) in [5.41, 5.74) is 0. The topological polar surface area (TPSA) is 129 Å². The molecular formula is C46H81NO9P+. The molecule has 0 aliphatic carbocycles. The first kappa shape index (κ1) is 54.4. The lowest BCUT2D eigenvalue weighted by Gasteiger charge is -2.24. The lowest BCUT2D eigenvalue weighted by Crippen LogP contribution is -2.37. The van der Waals surface area contributed by atoms with Gasteiger partial charge in [0.05, 0.1) is 33.9 Å². The Bertz CT molecular complexity index is 1220. The number of quaternary nitrogens is 1. The monoisotopic (exact) mass is 823 g/mol. The van der Waals surface area contributed by atoms with Gasteiger partial charge in [0, 0.05) is 12.8 Å². The number of allylic oxidation sites excluding steroid dienone is 11. The molecule has 2 N–H and O–H groups in total. The maximum Gasteiger partial charge on any atom is 0.472 e. The summed E-state index contributed by atoms with van der Waals surface area (Å²) < 4.78 is 34.1. The molecule has 0 aliphatic rings. The molecule has 0 aromatic rings. The highest BCUT2D eigenvalue weighted by atomic mass is 31.2. The second kappa shape index (κ2) is 37.7. The number of phosphoric acid groups is 1. The fourth-order valence-corrected chi connectivity index (χ4v) is 6.06. The van der Waals surface area contributed by atoms with Gasteiger partial charge in [-0.25, -0.2) is 4.57 Å². The first-order chi connectivity index (χ1) is 27.4. The van der Waals surface area contributed by atoms with Gasteiger partial charge in [0.25, 0.3) is 0 Å². The number of carbonyl (C=O) groups excluding carboxylic acids is 2. The van der Waals surface area contributed by atoms with Gasteiger partial charge in [-0.1, -0.05) is 132 Å². The van der Waals surface area contributed by atoms with E-state index < -0.39 is 38.6 Å². The normalized spacial score (nSPS) is 14.9. The maximum atomic E-state index is 12.7. The Morgan fingerprint density at radius 1 is 0.632 bits per heavy atom. The minimum Gasteiger partial charge on any atom is -0.462 e. The van der Waals surface area contributed by atoms with E-state index in [0.717, 1.165) is 44.9 Å². The standard InChI is InChI=1S/C46H80NO9P/c1-6-8-10-12-14-16-18-20-21-23-25-27-29-31-33-37-45(49)53-41-44(42-55-57(51,52)54-40-39-47(3,4)5)56-46(50)38-34-36-43(48)35-32-30-28-26-24-22-19-17-15-13-11-9-7-2/h14,16,20-22,24-25,27-28,30,32,35,43-44,48H,6-13,15,17-19,23,26,29,31,33-34,36-42H2,1-5H3/p+1/b16-14-,21-20-,24-22+,27-25-,30-28+,35-32+/t43?,44-/m1/s1. The summed E-state index contributed by atoms with van der Waals surface area (Å²) in [5.74, 6) is -1.05. The first-order valence-electron chi connectivity index (χ1n) is 21.8. The largest absolute Gasteiger partial charge is 0.472 e. The van der Waals surface area contributed by atoms with Crippen molar-refractivity contribution < 1.29 is 47.2 Å². The molecule has 0 aromatic carbocycles. The molecule has 0 bridgehead atoms. The number of esters is 2. The Balaban J connectivity index is 4.64. The van der Waals surface area contributed by atoms with Gasteiger partial charge in [0.1, 0.15) is 19.8 Å². The predicted molar refractivity (Wildman–Crippen MR) is 235 cm³/mol. The Hall–Kier alpha value is -2.59. The van der Waals surface area contributed by atoms with Gasteiger partial charge in [-0.3, -0.25) is 18.6 Å². The van der Waals surface area contributed by atoms with Crippen LogP contribution >= 0.6 is 7.82 Å². The smallest absolute Gasteiger partial charge is 0.462 e. The molecule has 3 atom stereocenters. The number of carbonyl (C=O) groups is 2. The molecule has 0 fully saturated rings. The van der Waals surface area contributed by atoms with Crippen molar-refractivity contribution in [3.63, 3.8) is 0 Å². The molecule has 0 heterocycles. The number of likely N-dealkylation sites (N-methyl/N-ethyl adjacent to an activating group) is 1. The van der Waals surface area contributed by atoms with Crippen molar-refractivity contribution in [2.45, 2.75) is 161 Å². The van der Waals surface area contributed by atoms with Gasteiger partial charge in [-0.2, -0.15) is 0 Å². The van der Waals surface area contributed by atoms with E-state index in [0.29, 0.717) is 30.3 Å². The summed E-state index contributed by atoms with van der Waals surface area (Å²) in [6, 6.07) is 0. The number of rotatable bonds is 38. The van der Waals surface area contributed by atoms with Crippen molar-refractivity contribution in [2.24, 2.45) is 0 Å². The van der Waals surface area contributed by atoms with Crippen LogP contribution in [0.15, 0.2) is 72.9 Å². The number of ether oxygens (including phenoxy) is 2. The van der Waals surface area contributed by atoms with E-state index in [1.807, 2.05) is 33.3 Å². The Labute approximate surface area is 347 Å². The third-order valence-electron chi connectivity index (χ3n) is 8.81. The SMILES string of the molecule is CCCCC/C=C\C/C=C\C/C=C\CCCCC(=O)OC[C@H](COP(=O)(O)OCC[N+](C)(C)C)OC(=O)CCCC(O)/C=C/C=C/C/C=C/CCCCCCCC. The first-order valence-corrected chi connectivity index (χ1v) is 23.3. The highest BCUT2D eigenvalue weighted by molar-refractivity contribution is 7.47. The molecule has 0 saturated carbocycles. The zero-order chi connectivity index (χ0) is 42.3. The van der Waals surface area contributed by atoms with Gasteiger partial charge >= 0.3 is 19.8 Å². The van der Waals surface area contributed by atoms with E-state index >= 15 is 0 Å². The number of hydrogen-bond acceptors (Lipinski definition) is 8. The van der Waals surface area contributed by atoms with E-state index in [1.165, 1.54) is 57.8 Å². The molecule has 0 aliphatic heterocycles. The van der Waals surface area contributed by atoms with E-state index in [9.17, 15) is 24.2 Å². The maximum absolute atomic E-state index is 12.7. The minimum atomic E-state index is -4.44. The fraction of sp³-hybridized carbons (Fsp3) is 0.696. The van der Waals surface area contributed by atoms with Crippen LogP contribution < -0.4 is 0 Å². The number of nitrogens with zero attached hydrogens (tertiary/aromatic N) is 1. The molecular weight excluding hydrogens is 741 g/mol. The van der Waals surface area contributed by atoms with Crippen molar-refractivity contribution >= 4 is 19.8 Å². The van der Waals surface area contributed by atoms with Crippen LogP contribution in [0.25, 0.3) is 0 Å². The Morgan fingerprint density at radius 2 is 1.16 bits per heavy atom. The van der Waals surface area contributed by atoms with Crippen LogP contribution in [0.1, 0.15) is 149 Å². The summed E-state index contributed by atoms with van der Waals surface area (Å²) in [5, 5.41) is 10.3.